The SMILES string of the molecule is CCCCN(CC)c1ccc(CNC)c(C)n1. The van der Waals surface area contributed by atoms with Gasteiger partial charge in [0.25, 0.3) is 0 Å². The van der Waals surface area contributed by atoms with Gasteiger partial charge in [0.15, 0.2) is 0 Å². The molecule has 0 bridgehead atoms. The Hall–Kier alpha value is -1.09. The van der Waals surface area contributed by atoms with Crippen LogP contribution in [0.2, 0.25) is 0 Å². The van der Waals surface area contributed by atoms with Crippen molar-refractivity contribution in [2.24, 2.45) is 0 Å². The molecule has 0 atom stereocenters. The van der Waals surface area contributed by atoms with Crippen LogP contribution in [0.4, 0.5) is 5.82 Å². The fraction of sp³-hybridized carbons (Fsp3) is 0.643. The molecule has 0 aliphatic heterocycles. The van der Waals surface area contributed by atoms with E-state index in [1.165, 1.54) is 18.4 Å². The first-order chi connectivity index (χ1) is 8.22. The highest BCUT2D eigenvalue weighted by atomic mass is 15.2. The maximum atomic E-state index is 4.70. The number of hydrogen-bond acceptors (Lipinski definition) is 3. The molecular formula is C14H25N3. The molecule has 1 aromatic rings. The van der Waals surface area contributed by atoms with E-state index in [1.807, 2.05) is 7.05 Å². The van der Waals surface area contributed by atoms with E-state index in [1.54, 1.807) is 0 Å². The summed E-state index contributed by atoms with van der Waals surface area (Å²) in [5, 5.41) is 3.17. The van der Waals surface area contributed by atoms with Crippen LogP contribution in [0.1, 0.15) is 37.9 Å². The maximum Gasteiger partial charge on any atom is 0.128 e. The summed E-state index contributed by atoms with van der Waals surface area (Å²) < 4.78 is 0. The third kappa shape index (κ3) is 4.00. The van der Waals surface area contributed by atoms with Crippen molar-refractivity contribution >= 4 is 5.82 Å². The van der Waals surface area contributed by atoms with Crippen LogP contribution in [0.5, 0.6) is 0 Å². The van der Waals surface area contributed by atoms with Gasteiger partial charge in [-0.1, -0.05) is 19.4 Å². The van der Waals surface area contributed by atoms with Crippen molar-refractivity contribution in [2.75, 3.05) is 25.0 Å². The van der Waals surface area contributed by atoms with Gasteiger partial charge in [0.2, 0.25) is 0 Å². The van der Waals surface area contributed by atoms with Gasteiger partial charge in [-0.2, -0.15) is 0 Å². The minimum absolute atomic E-state index is 0.889. The summed E-state index contributed by atoms with van der Waals surface area (Å²) in [4.78, 5) is 7.05. The van der Waals surface area contributed by atoms with Crippen LogP contribution in [-0.2, 0) is 6.54 Å². The topological polar surface area (TPSA) is 28.2 Å². The second kappa shape index (κ2) is 7.28. The average molecular weight is 235 g/mol. The summed E-state index contributed by atoms with van der Waals surface area (Å²) in [5.74, 6) is 1.11. The van der Waals surface area contributed by atoms with Gasteiger partial charge >= 0.3 is 0 Å². The number of anilines is 1. The molecule has 0 aromatic carbocycles. The first kappa shape index (κ1) is 14.0. The van der Waals surface area contributed by atoms with Crippen molar-refractivity contribution in [2.45, 2.75) is 40.2 Å². The monoisotopic (exact) mass is 235 g/mol. The molecule has 0 spiro atoms. The molecule has 0 amide bonds. The Kier molecular flexibility index (Phi) is 5.98. The number of pyridine rings is 1. The molecule has 0 radical (unpaired) electrons. The number of aromatic nitrogens is 1. The molecule has 0 unspecified atom stereocenters. The lowest BCUT2D eigenvalue weighted by molar-refractivity contribution is 0.720. The van der Waals surface area contributed by atoms with Gasteiger partial charge in [0, 0.05) is 25.3 Å². The van der Waals surface area contributed by atoms with Crippen molar-refractivity contribution in [3.8, 4) is 0 Å². The highest BCUT2D eigenvalue weighted by Gasteiger charge is 2.07. The van der Waals surface area contributed by atoms with Crippen molar-refractivity contribution in [1.82, 2.24) is 10.3 Å². The maximum absolute atomic E-state index is 4.70. The zero-order valence-corrected chi connectivity index (χ0v) is 11.6. The second-order valence-corrected chi connectivity index (χ2v) is 4.38. The smallest absolute Gasteiger partial charge is 0.128 e. The van der Waals surface area contributed by atoms with Crippen LogP contribution in [0, 0.1) is 6.92 Å². The van der Waals surface area contributed by atoms with Crippen LogP contribution >= 0.6 is 0 Å². The highest BCUT2D eigenvalue weighted by Crippen LogP contribution is 2.15. The lowest BCUT2D eigenvalue weighted by atomic mass is 10.2. The molecular weight excluding hydrogens is 210 g/mol. The van der Waals surface area contributed by atoms with E-state index in [0.29, 0.717) is 0 Å². The van der Waals surface area contributed by atoms with Crippen molar-refractivity contribution in [3.05, 3.63) is 23.4 Å². The van der Waals surface area contributed by atoms with Crippen LogP contribution in [0.3, 0.4) is 0 Å². The molecule has 0 aliphatic carbocycles. The summed E-state index contributed by atoms with van der Waals surface area (Å²) in [6.45, 7) is 9.52. The van der Waals surface area contributed by atoms with E-state index < -0.39 is 0 Å². The minimum Gasteiger partial charge on any atom is -0.357 e. The highest BCUT2D eigenvalue weighted by molar-refractivity contribution is 5.41. The number of unbranched alkanes of at least 4 members (excludes halogenated alkanes) is 1. The van der Waals surface area contributed by atoms with E-state index in [-0.39, 0.29) is 0 Å². The third-order valence-corrected chi connectivity index (χ3v) is 3.04. The van der Waals surface area contributed by atoms with E-state index in [2.05, 4.69) is 43.1 Å². The van der Waals surface area contributed by atoms with Crippen LogP contribution in [0.25, 0.3) is 0 Å². The summed E-state index contributed by atoms with van der Waals surface area (Å²) in [7, 11) is 1.97. The van der Waals surface area contributed by atoms with Gasteiger partial charge in [0.05, 0.1) is 0 Å². The first-order valence-corrected chi connectivity index (χ1v) is 6.59. The summed E-state index contributed by atoms with van der Waals surface area (Å²) in [5.41, 5.74) is 2.41. The van der Waals surface area contributed by atoms with Gasteiger partial charge in [-0.15, -0.1) is 0 Å². The fourth-order valence-electron chi connectivity index (χ4n) is 1.91. The molecule has 0 aliphatic rings. The fourth-order valence-corrected chi connectivity index (χ4v) is 1.91. The van der Waals surface area contributed by atoms with Gasteiger partial charge in [-0.3, -0.25) is 0 Å². The van der Waals surface area contributed by atoms with E-state index in [0.717, 1.165) is 31.1 Å². The lowest BCUT2D eigenvalue weighted by Crippen LogP contribution is -2.25. The quantitative estimate of drug-likeness (QED) is 0.787. The molecule has 3 nitrogen and oxygen atoms in total. The van der Waals surface area contributed by atoms with Gasteiger partial charge in [0.1, 0.15) is 5.82 Å². The van der Waals surface area contributed by atoms with Crippen LogP contribution < -0.4 is 10.2 Å². The van der Waals surface area contributed by atoms with Crippen molar-refractivity contribution < 1.29 is 0 Å². The zero-order chi connectivity index (χ0) is 12.7. The zero-order valence-electron chi connectivity index (χ0n) is 11.6. The second-order valence-electron chi connectivity index (χ2n) is 4.38. The van der Waals surface area contributed by atoms with Crippen LogP contribution in [-0.4, -0.2) is 25.1 Å². The molecule has 3 heteroatoms. The Morgan fingerprint density at radius 1 is 1.29 bits per heavy atom. The summed E-state index contributed by atoms with van der Waals surface area (Å²) in [6.07, 6.45) is 2.46. The molecule has 17 heavy (non-hydrogen) atoms. The molecule has 0 saturated carbocycles. The molecule has 1 N–H and O–H groups in total. The molecule has 1 rings (SSSR count). The van der Waals surface area contributed by atoms with E-state index in [9.17, 15) is 0 Å². The number of nitrogens with one attached hydrogen (secondary N) is 1. The van der Waals surface area contributed by atoms with Gasteiger partial charge in [-0.25, -0.2) is 4.98 Å². The molecule has 1 heterocycles. The molecule has 1 aromatic heterocycles. The van der Waals surface area contributed by atoms with Gasteiger partial charge < -0.3 is 10.2 Å². The standard InChI is InChI=1S/C14H25N3/c1-5-7-10-17(6-2)14-9-8-13(11-15-4)12(3)16-14/h8-9,15H,5-7,10-11H2,1-4H3. The Labute approximate surface area is 105 Å². The average Bonchev–Trinajstić information content (AvgIpc) is 2.33. The number of rotatable bonds is 7. The third-order valence-electron chi connectivity index (χ3n) is 3.04. The molecule has 96 valence electrons. The predicted molar refractivity (Wildman–Crippen MR) is 74.5 cm³/mol. The van der Waals surface area contributed by atoms with Crippen LogP contribution in [0.15, 0.2) is 12.1 Å². The Morgan fingerprint density at radius 2 is 2.06 bits per heavy atom. The number of nitrogens with zero attached hydrogens (tertiary/aromatic N) is 2. The molecule has 0 fully saturated rings. The van der Waals surface area contributed by atoms with Crippen molar-refractivity contribution in [1.29, 1.82) is 0 Å². The van der Waals surface area contributed by atoms with Gasteiger partial charge in [-0.05, 0) is 38.9 Å². The predicted octanol–water partition coefficient (Wildman–Crippen LogP) is 2.74. The summed E-state index contributed by atoms with van der Waals surface area (Å²) >= 11 is 0. The van der Waals surface area contributed by atoms with E-state index in [4.69, 9.17) is 4.98 Å². The Bertz CT molecular complexity index is 336. The Balaban J connectivity index is 2.79. The first-order valence-electron chi connectivity index (χ1n) is 6.59. The van der Waals surface area contributed by atoms with E-state index >= 15 is 0 Å². The number of hydrogen-bond donors (Lipinski definition) is 1. The summed E-state index contributed by atoms with van der Waals surface area (Å²) in [6, 6.07) is 4.32. The number of aryl methyl sites for hydroxylation is 1. The minimum atomic E-state index is 0.889. The largest absolute Gasteiger partial charge is 0.357 e. The Morgan fingerprint density at radius 3 is 2.59 bits per heavy atom. The lowest BCUT2D eigenvalue weighted by Gasteiger charge is -2.22. The van der Waals surface area contributed by atoms with Crippen molar-refractivity contribution in [3.63, 3.8) is 0 Å². The molecule has 0 saturated heterocycles. The normalized spacial score (nSPS) is 10.6.